The molecular weight excluding hydrogens is 198 g/mol. The fourth-order valence-electron chi connectivity index (χ4n) is 0.881. The van der Waals surface area contributed by atoms with Crippen LogP contribution in [-0.2, 0) is 0 Å². The summed E-state index contributed by atoms with van der Waals surface area (Å²) >= 11 is 0. The molecule has 0 aliphatic heterocycles. The SMILES string of the molecule is O=C(O)c1ccc(O)cc1OC(F)F. The molecule has 14 heavy (non-hydrogen) atoms. The van der Waals surface area contributed by atoms with Gasteiger partial charge < -0.3 is 14.9 Å². The monoisotopic (exact) mass is 204 g/mol. The lowest BCUT2D eigenvalue weighted by molar-refractivity contribution is -0.0504. The average Bonchev–Trinajstić information content (AvgIpc) is 2.01. The molecule has 4 nitrogen and oxygen atoms in total. The summed E-state index contributed by atoms with van der Waals surface area (Å²) in [6, 6.07) is 2.87. The second-order valence-corrected chi connectivity index (χ2v) is 2.36. The van der Waals surface area contributed by atoms with Crippen molar-refractivity contribution in [3.8, 4) is 11.5 Å². The molecule has 0 aromatic heterocycles. The minimum Gasteiger partial charge on any atom is -0.508 e. The van der Waals surface area contributed by atoms with Gasteiger partial charge in [0, 0.05) is 6.07 Å². The summed E-state index contributed by atoms with van der Waals surface area (Å²) in [5.41, 5.74) is -0.428. The number of aromatic hydroxyl groups is 1. The minimum absolute atomic E-state index is 0.342. The highest BCUT2D eigenvalue weighted by Crippen LogP contribution is 2.25. The van der Waals surface area contributed by atoms with Gasteiger partial charge in [-0.3, -0.25) is 0 Å². The van der Waals surface area contributed by atoms with Gasteiger partial charge in [-0.25, -0.2) is 4.79 Å². The van der Waals surface area contributed by atoms with Gasteiger partial charge in [-0.05, 0) is 12.1 Å². The van der Waals surface area contributed by atoms with Crippen LogP contribution in [-0.4, -0.2) is 22.8 Å². The number of benzene rings is 1. The molecule has 0 fully saturated rings. The molecule has 0 spiro atoms. The van der Waals surface area contributed by atoms with Crippen molar-refractivity contribution in [1.29, 1.82) is 0 Å². The summed E-state index contributed by atoms with van der Waals surface area (Å²) in [5, 5.41) is 17.5. The molecule has 6 heteroatoms. The Balaban J connectivity index is 3.09. The van der Waals surface area contributed by atoms with Gasteiger partial charge in [0.25, 0.3) is 0 Å². The first-order valence-electron chi connectivity index (χ1n) is 3.52. The van der Waals surface area contributed by atoms with Gasteiger partial charge in [0.05, 0.1) is 0 Å². The van der Waals surface area contributed by atoms with Crippen LogP contribution in [0.25, 0.3) is 0 Å². The maximum atomic E-state index is 11.8. The van der Waals surface area contributed by atoms with Crippen LogP contribution >= 0.6 is 0 Å². The van der Waals surface area contributed by atoms with Crippen molar-refractivity contribution in [1.82, 2.24) is 0 Å². The third-order valence-corrected chi connectivity index (χ3v) is 1.41. The molecule has 76 valence electrons. The van der Waals surface area contributed by atoms with Crippen molar-refractivity contribution in [2.45, 2.75) is 6.61 Å². The number of hydrogen-bond acceptors (Lipinski definition) is 3. The van der Waals surface area contributed by atoms with Crippen molar-refractivity contribution >= 4 is 5.97 Å². The van der Waals surface area contributed by atoms with E-state index in [0.29, 0.717) is 0 Å². The fraction of sp³-hybridized carbons (Fsp3) is 0.125. The van der Waals surface area contributed by atoms with Crippen molar-refractivity contribution in [2.24, 2.45) is 0 Å². The lowest BCUT2D eigenvalue weighted by Crippen LogP contribution is -2.07. The van der Waals surface area contributed by atoms with E-state index >= 15 is 0 Å². The molecule has 0 radical (unpaired) electrons. The number of phenolic OH excluding ortho intramolecular Hbond substituents is 1. The zero-order valence-electron chi connectivity index (χ0n) is 6.78. The highest BCUT2D eigenvalue weighted by Gasteiger charge is 2.15. The van der Waals surface area contributed by atoms with E-state index in [1.54, 1.807) is 0 Å². The van der Waals surface area contributed by atoms with Crippen LogP contribution in [0.4, 0.5) is 8.78 Å². The highest BCUT2D eigenvalue weighted by molar-refractivity contribution is 5.91. The van der Waals surface area contributed by atoms with Crippen molar-refractivity contribution < 1.29 is 28.5 Å². The first-order chi connectivity index (χ1) is 6.50. The molecule has 0 atom stereocenters. The second kappa shape index (κ2) is 3.91. The van der Waals surface area contributed by atoms with Gasteiger partial charge in [0.15, 0.2) is 0 Å². The Bertz CT molecular complexity index is 351. The Kier molecular flexibility index (Phi) is 2.85. The number of ether oxygens (including phenoxy) is 1. The molecule has 1 aromatic rings. The smallest absolute Gasteiger partial charge is 0.387 e. The standard InChI is InChI=1S/C8H6F2O4/c9-8(10)14-6-3-4(11)1-2-5(6)7(12)13/h1-3,8,11H,(H,12,13). The van der Waals surface area contributed by atoms with E-state index in [1.807, 2.05) is 0 Å². The molecule has 0 bridgehead atoms. The number of phenols is 1. The summed E-state index contributed by atoms with van der Waals surface area (Å²) in [4.78, 5) is 10.5. The summed E-state index contributed by atoms with van der Waals surface area (Å²) in [6.45, 7) is -3.13. The van der Waals surface area contributed by atoms with Gasteiger partial charge in [-0.15, -0.1) is 0 Å². The molecule has 1 rings (SSSR count). The van der Waals surface area contributed by atoms with Gasteiger partial charge in [0.1, 0.15) is 17.1 Å². The van der Waals surface area contributed by atoms with E-state index in [2.05, 4.69) is 4.74 Å². The van der Waals surface area contributed by atoms with E-state index in [1.165, 1.54) is 0 Å². The minimum atomic E-state index is -3.13. The Morgan fingerprint density at radius 3 is 2.57 bits per heavy atom. The number of carboxylic acid groups (broad SMARTS) is 1. The third-order valence-electron chi connectivity index (χ3n) is 1.41. The van der Waals surface area contributed by atoms with Crippen LogP contribution < -0.4 is 4.74 Å². The zero-order chi connectivity index (χ0) is 10.7. The number of carboxylic acids is 1. The average molecular weight is 204 g/mol. The maximum absolute atomic E-state index is 11.8. The number of aromatic carboxylic acids is 1. The van der Waals surface area contributed by atoms with Crippen LogP contribution in [0.2, 0.25) is 0 Å². The molecule has 0 amide bonds. The Morgan fingerprint density at radius 1 is 1.43 bits per heavy atom. The number of rotatable bonds is 3. The van der Waals surface area contributed by atoms with Gasteiger partial charge in [-0.1, -0.05) is 0 Å². The van der Waals surface area contributed by atoms with Gasteiger partial charge >= 0.3 is 12.6 Å². The van der Waals surface area contributed by atoms with E-state index in [4.69, 9.17) is 10.2 Å². The normalized spacial score (nSPS) is 10.2. The van der Waals surface area contributed by atoms with Crippen molar-refractivity contribution in [3.05, 3.63) is 23.8 Å². The predicted molar refractivity (Wildman–Crippen MR) is 41.7 cm³/mol. The van der Waals surface area contributed by atoms with Crippen LogP contribution in [0, 0.1) is 0 Å². The van der Waals surface area contributed by atoms with Gasteiger partial charge in [0.2, 0.25) is 0 Å². The molecular formula is C8H6F2O4. The lowest BCUT2D eigenvalue weighted by atomic mass is 10.2. The number of hydrogen-bond donors (Lipinski definition) is 2. The van der Waals surface area contributed by atoms with Crippen LogP contribution in [0.15, 0.2) is 18.2 Å². The first-order valence-corrected chi connectivity index (χ1v) is 3.52. The Morgan fingerprint density at radius 2 is 2.07 bits per heavy atom. The lowest BCUT2D eigenvalue weighted by Gasteiger charge is -2.07. The van der Waals surface area contributed by atoms with Gasteiger partial charge in [-0.2, -0.15) is 8.78 Å². The Labute approximate surface area is 77.4 Å². The second-order valence-electron chi connectivity index (χ2n) is 2.36. The molecule has 0 aliphatic rings. The summed E-state index contributed by atoms with van der Waals surface area (Å²) < 4.78 is 27.5. The summed E-state index contributed by atoms with van der Waals surface area (Å²) in [5.74, 6) is -2.31. The van der Waals surface area contributed by atoms with Crippen LogP contribution in [0.5, 0.6) is 11.5 Å². The van der Waals surface area contributed by atoms with Crippen molar-refractivity contribution in [3.63, 3.8) is 0 Å². The largest absolute Gasteiger partial charge is 0.508 e. The molecule has 0 aliphatic carbocycles. The molecule has 0 heterocycles. The number of alkyl halides is 2. The summed E-state index contributed by atoms with van der Waals surface area (Å²) in [7, 11) is 0. The first kappa shape index (κ1) is 10.2. The number of halogens is 2. The van der Waals surface area contributed by atoms with Crippen molar-refractivity contribution in [2.75, 3.05) is 0 Å². The maximum Gasteiger partial charge on any atom is 0.387 e. The highest BCUT2D eigenvalue weighted by atomic mass is 19.3. The van der Waals surface area contributed by atoms with E-state index in [-0.39, 0.29) is 5.75 Å². The van der Waals surface area contributed by atoms with E-state index in [0.717, 1.165) is 18.2 Å². The molecule has 2 N–H and O–H groups in total. The zero-order valence-corrected chi connectivity index (χ0v) is 6.78. The van der Waals surface area contributed by atoms with Crippen LogP contribution in [0.3, 0.4) is 0 Å². The van der Waals surface area contributed by atoms with E-state index in [9.17, 15) is 13.6 Å². The molecule has 0 saturated heterocycles. The quantitative estimate of drug-likeness (QED) is 0.786. The summed E-state index contributed by atoms with van der Waals surface area (Å²) in [6.07, 6.45) is 0. The molecule has 0 saturated carbocycles. The fourth-order valence-corrected chi connectivity index (χ4v) is 0.881. The third kappa shape index (κ3) is 2.32. The molecule has 1 aromatic carbocycles. The van der Waals surface area contributed by atoms with E-state index < -0.39 is 23.9 Å². The predicted octanol–water partition coefficient (Wildman–Crippen LogP) is 1.69. The molecule has 0 unspecified atom stereocenters. The Hall–Kier alpha value is -1.85. The topological polar surface area (TPSA) is 66.8 Å². The number of carbonyl (C=O) groups is 1. The van der Waals surface area contributed by atoms with Crippen LogP contribution in [0.1, 0.15) is 10.4 Å².